The lowest BCUT2D eigenvalue weighted by atomic mass is 9.74. The van der Waals surface area contributed by atoms with Gasteiger partial charge in [0.2, 0.25) is 5.82 Å². The molecule has 18 nitrogen and oxygen atoms in total. The predicted molar refractivity (Wildman–Crippen MR) is 208 cm³/mol. The number of anilines is 1. The van der Waals surface area contributed by atoms with Gasteiger partial charge < -0.3 is 53.9 Å². The first-order valence-electron chi connectivity index (χ1n) is 19.9. The summed E-state index contributed by atoms with van der Waals surface area (Å²) in [5.74, 6) is -5.34. The van der Waals surface area contributed by atoms with Gasteiger partial charge in [0.05, 0.1) is 37.1 Å². The first-order chi connectivity index (χ1) is 27.3. The van der Waals surface area contributed by atoms with Crippen LogP contribution < -0.4 is 5.73 Å². The number of aliphatic hydroxyl groups excluding tert-OH is 1. The van der Waals surface area contributed by atoms with Crippen molar-refractivity contribution in [3.05, 3.63) is 23.9 Å². The normalized spacial score (nSPS) is 37.8. The van der Waals surface area contributed by atoms with E-state index >= 15 is 0 Å². The molecule has 0 aromatic carbocycles. The van der Waals surface area contributed by atoms with Crippen LogP contribution in [0.1, 0.15) is 80.2 Å². The highest BCUT2D eigenvalue weighted by Crippen LogP contribution is 2.39. The molecule has 3 saturated heterocycles. The van der Waals surface area contributed by atoms with Gasteiger partial charge in [-0.1, -0.05) is 44.1 Å². The third-order valence-electron chi connectivity index (χ3n) is 11.7. The molecular formula is C40H60N6O12. The third-order valence-corrected chi connectivity index (χ3v) is 11.7. The fourth-order valence-electron chi connectivity index (χ4n) is 8.38. The summed E-state index contributed by atoms with van der Waals surface area (Å²) in [6.07, 6.45) is -3.86. The van der Waals surface area contributed by atoms with Gasteiger partial charge in [-0.15, -0.1) is 0 Å². The predicted octanol–water partition coefficient (Wildman–Crippen LogP) is 2.73. The van der Waals surface area contributed by atoms with Crippen LogP contribution in [-0.4, -0.2) is 135 Å². The number of likely N-dealkylation sites (N-methyl/N-ethyl adjacent to an activating group) is 1. The molecule has 0 amide bonds. The van der Waals surface area contributed by atoms with Gasteiger partial charge in [0.15, 0.2) is 12.1 Å². The molecule has 3 aliphatic rings. The van der Waals surface area contributed by atoms with Crippen LogP contribution in [0.5, 0.6) is 0 Å². The number of pyridine rings is 1. The summed E-state index contributed by atoms with van der Waals surface area (Å²) >= 11 is 0. The first kappa shape index (κ1) is 45.2. The van der Waals surface area contributed by atoms with Gasteiger partial charge in [-0.3, -0.25) is 19.4 Å². The maximum atomic E-state index is 14.4. The Hall–Kier alpha value is -3.91. The minimum Gasteiger partial charge on any atom is -0.459 e. The smallest absolute Gasteiger partial charge is 0.319 e. The topological polar surface area (TPSA) is 240 Å². The van der Waals surface area contributed by atoms with E-state index < -0.39 is 77.3 Å². The van der Waals surface area contributed by atoms with Gasteiger partial charge in [0.25, 0.3) is 0 Å². The molecule has 58 heavy (non-hydrogen) atoms. The highest BCUT2D eigenvalue weighted by molar-refractivity contribution is 6.00. The van der Waals surface area contributed by atoms with E-state index in [1.165, 1.54) is 13.8 Å². The number of oxime groups is 1. The van der Waals surface area contributed by atoms with Crippen molar-refractivity contribution in [2.45, 2.75) is 135 Å². The maximum absolute atomic E-state index is 14.4. The molecule has 0 radical (unpaired) electrons. The van der Waals surface area contributed by atoms with Gasteiger partial charge in [0.1, 0.15) is 47.5 Å². The Morgan fingerprint density at radius 1 is 1.05 bits per heavy atom. The Morgan fingerprint density at radius 2 is 1.78 bits per heavy atom. The Balaban J connectivity index is 1.57. The molecule has 2 aromatic heterocycles. The summed E-state index contributed by atoms with van der Waals surface area (Å²) < 4.78 is 36.7. The van der Waals surface area contributed by atoms with Gasteiger partial charge in [0, 0.05) is 35.6 Å². The molecule has 0 unspecified atom stereocenters. The van der Waals surface area contributed by atoms with E-state index in [4.69, 9.17) is 38.8 Å². The number of carbonyl (C=O) groups is 3. The lowest BCUT2D eigenvalue weighted by Crippen LogP contribution is -2.60. The summed E-state index contributed by atoms with van der Waals surface area (Å²) in [7, 11) is 3.70. The van der Waals surface area contributed by atoms with Crippen LogP contribution in [0.15, 0.2) is 28.0 Å². The number of cyclic esters (lactones) is 1. The van der Waals surface area contributed by atoms with E-state index in [1.807, 2.05) is 25.9 Å². The molecule has 0 aliphatic carbocycles. The number of ether oxygens (including phenoxy) is 5. The quantitative estimate of drug-likeness (QED) is 0.197. The number of hydrogen-bond acceptors (Lipinski definition) is 18. The number of carbonyl (C=O) groups excluding carboxylic acids is 3. The average molecular weight is 817 g/mol. The second-order valence-electron chi connectivity index (χ2n) is 16.7. The monoisotopic (exact) mass is 816 g/mol. The lowest BCUT2D eigenvalue weighted by molar-refractivity contribution is -0.296. The fourth-order valence-corrected chi connectivity index (χ4v) is 8.38. The van der Waals surface area contributed by atoms with Crippen molar-refractivity contribution in [3.8, 4) is 11.5 Å². The summed E-state index contributed by atoms with van der Waals surface area (Å²) in [6, 6.07) is 3.01. The van der Waals surface area contributed by atoms with Crippen molar-refractivity contribution in [3.63, 3.8) is 0 Å². The third kappa shape index (κ3) is 9.92. The van der Waals surface area contributed by atoms with Crippen molar-refractivity contribution in [2.24, 2.45) is 28.8 Å². The van der Waals surface area contributed by atoms with Crippen LogP contribution in [-0.2, 0) is 49.5 Å². The molecule has 4 N–H and O–H groups in total. The summed E-state index contributed by atoms with van der Waals surface area (Å²) in [6.45, 7) is 12.8. The zero-order chi connectivity index (χ0) is 42.7. The number of esters is 1. The van der Waals surface area contributed by atoms with Crippen LogP contribution in [0.3, 0.4) is 0 Å². The van der Waals surface area contributed by atoms with Crippen LogP contribution in [0.4, 0.5) is 6.01 Å². The van der Waals surface area contributed by atoms with Crippen LogP contribution in [0.2, 0.25) is 0 Å². The van der Waals surface area contributed by atoms with Crippen LogP contribution in [0, 0.1) is 23.7 Å². The Labute approximate surface area is 339 Å². The Bertz CT molecular complexity index is 1770. The first-order valence-corrected chi connectivity index (χ1v) is 19.9. The minimum absolute atomic E-state index is 0.0132. The van der Waals surface area contributed by atoms with Gasteiger partial charge in [-0.2, -0.15) is 4.98 Å². The average Bonchev–Trinajstić information content (AvgIpc) is 3.62. The van der Waals surface area contributed by atoms with Crippen molar-refractivity contribution >= 4 is 29.3 Å². The van der Waals surface area contributed by atoms with E-state index in [2.05, 4.69) is 20.3 Å². The lowest BCUT2D eigenvalue weighted by Gasteiger charge is -2.47. The number of aromatic nitrogens is 3. The van der Waals surface area contributed by atoms with E-state index in [0.717, 1.165) is 0 Å². The number of rotatable bonds is 8. The van der Waals surface area contributed by atoms with Crippen molar-refractivity contribution in [1.82, 2.24) is 20.0 Å². The van der Waals surface area contributed by atoms with Crippen molar-refractivity contribution < 1.29 is 57.6 Å². The molecule has 3 aliphatic heterocycles. The maximum Gasteiger partial charge on any atom is 0.319 e. The number of Topliss-reactive ketones (excluding diaryl/α,β-unsaturated/α-hetero) is 2. The second kappa shape index (κ2) is 18.6. The molecule has 18 heteroatoms. The van der Waals surface area contributed by atoms with E-state index in [-0.39, 0.29) is 68.1 Å². The number of aliphatic hydroxyl groups is 2. The standard InChI is InChI=1S/C40H60N6O12/c1-11-29-40(8,51)34-22(4)30(47)20(2)15-39(7,53-19-26(18-52-34)44-54-17-25-12-13-27(42-16-25)35-43-38(41)58-45-35)33(23(5)31(48)24(6)36(50)56-29)57-37-32(49)28(46(9)10)14-21(3)55-37/h12-13,16,20-24,28-29,32-34,37,49,51H,11,14-15,17-19H2,1-10H3,(H2,41,43,45)/b44-26+/t20-,21-,22+,23+,24-,28+,29-,32-,33-,34+,37+,39-,40-/m1/s1. The van der Waals surface area contributed by atoms with Gasteiger partial charge in [-0.05, 0) is 67.1 Å². The number of nitrogens with zero attached hydrogens (tertiary/aromatic N) is 5. The van der Waals surface area contributed by atoms with Gasteiger partial charge in [-0.25, -0.2) is 0 Å². The van der Waals surface area contributed by atoms with Gasteiger partial charge >= 0.3 is 12.0 Å². The fraction of sp³-hybridized carbons (Fsp3) is 0.725. The SMILES string of the molecule is CC[C@H]1OC(=O)[C@H](C)C(=O)[C@H](C)[C@@H](O[C@@H]2O[C@H](C)C[C@H](N(C)C)[C@H]2O)[C@@]2(C)C[C@@H](C)C(=O)[C@H](C)[C@H](OC/C(=N\OCc3ccc(-c4noc(N)n4)nc3)CO2)[C@]1(C)O. The molecule has 0 saturated carbocycles. The number of nitrogens with two attached hydrogens (primary N) is 1. The summed E-state index contributed by atoms with van der Waals surface area (Å²) in [4.78, 5) is 58.5. The highest BCUT2D eigenvalue weighted by atomic mass is 16.7. The zero-order valence-corrected chi connectivity index (χ0v) is 35.1. The number of ketones is 2. The number of nitrogen functional groups attached to an aromatic ring is 1. The van der Waals surface area contributed by atoms with Crippen LogP contribution in [0.25, 0.3) is 11.5 Å². The molecule has 2 aromatic rings. The molecule has 3 fully saturated rings. The number of hydrogen-bond donors (Lipinski definition) is 3. The molecule has 322 valence electrons. The summed E-state index contributed by atoms with van der Waals surface area (Å²) in [5, 5.41) is 31.9. The Morgan fingerprint density at radius 3 is 2.40 bits per heavy atom. The van der Waals surface area contributed by atoms with E-state index in [9.17, 15) is 24.6 Å². The number of fused-ring (bicyclic) bond motifs is 5. The largest absolute Gasteiger partial charge is 0.459 e. The molecular weight excluding hydrogens is 756 g/mol. The molecule has 5 heterocycles. The van der Waals surface area contributed by atoms with Crippen molar-refractivity contribution in [1.29, 1.82) is 0 Å². The summed E-state index contributed by atoms with van der Waals surface area (Å²) in [5.41, 5.74) is 3.54. The minimum atomic E-state index is -1.89. The molecule has 0 spiro atoms. The van der Waals surface area contributed by atoms with E-state index in [0.29, 0.717) is 17.7 Å². The van der Waals surface area contributed by atoms with E-state index in [1.54, 1.807) is 52.9 Å². The van der Waals surface area contributed by atoms with Crippen LogP contribution >= 0.6 is 0 Å². The Kier molecular flexibility index (Phi) is 14.5. The second-order valence-corrected chi connectivity index (χ2v) is 16.7. The van der Waals surface area contributed by atoms with Crippen molar-refractivity contribution in [2.75, 3.05) is 33.0 Å². The zero-order valence-electron chi connectivity index (χ0n) is 35.1. The highest BCUT2D eigenvalue weighted by Gasteiger charge is 2.53. The molecule has 13 atom stereocenters. The molecule has 5 rings (SSSR count). The molecule has 2 bridgehead atoms.